The summed E-state index contributed by atoms with van der Waals surface area (Å²) >= 11 is 1.99. The molecule has 118 valence electrons. The van der Waals surface area contributed by atoms with Gasteiger partial charge in [-0.25, -0.2) is 0 Å². The molecule has 5 heteroatoms. The van der Waals surface area contributed by atoms with Gasteiger partial charge in [-0.15, -0.1) is 0 Å². The summed E-state index contributed by atoms with van der Waals surface area (Å²) in [5, 5.41) is 8.25. The molecule has 2 unspecified atom stereocenters. The topological polar surface area (TPSA) is 39.1 Å². The molecule has 0 spiro atoms. The minimum absolute atomic E-state index is 0.314. The van der Waals surface area contributed by atoms with Crippen LogP contribution in [0, 0.1) is 0 Å². The van der Waals surface area contributed by atoms with Gasteiger partial charge < -0.3 is 10.1 Å². The van der Waals surface area contributed by atoms with Crippen LogP contribution in [0.2, 0.25) is 0 Å². The summed E-state index contributed by atoms with van der Waals surface area (Å²) in [6.07, 6.45) is 10.1. The Morgan fingerprint density at radius 3 is 3.00 bits per heavy atom. The minimum atomic E-state index is 0.314. The van der Waals surface area contributed by atoms with E-state index < -0.39 is 0 Å². The molecule has 0 bridgehead atoms. The standard InChI is InChI=1S/C16H27N3OS/c1-17-15(16-12-21-10-9-20-16)11-13-7-8-19(18-13)14-5-3-2-4-6-14/h7-8,14-17H,2-6,9-12H2,1H3. The number of nitrogens with one attached hydrogen (secondary N) is 1. The Kier molecular flexibility index (Phi) is 5.61. The predicted octanol–water partition coefficient (Wildman–Crippen LogP) is 2.65. The first-order valence-electron chi connectivity index (χ1n) is 8.27. The van der Waals surface area contributed by atoms with E-state index in [1.165, 1.54) is 37.8 Å². The lowest BCUT2D eigenvalue weighted by Gasteiger charge is -2.29. The van der Waals surface area contributed by atoms with Crippen molar-refractivity contribution >= 4 is 11.8 Å². The maximum atomic E-state index is 5.91. The molecule has 1 aliphatic heterocycles. The Hall–Kier alpha value is -0.520. The number of thioether (sulfide) groups is 1. The van der Waals surface area contributed by atoms with Gasteiger partial charge >= 0.3 is 0 Å². The first-order valence-corrected chi connectivity index (χ1v) is 9.43. The molecule has 2 atom stereocenters. The molecule has 1 saturated heterocycles. The maximum Gasteiger partial charge on any atom is 0.0822 e. The molecule has 3 rings (SSSR count). The van der Waals surface area contributed by atoms with Crippen molar-refractivity contribution in [1.29, 1.82) is 0 Å². The smallest absolute Gasteiger partial charge is 0.0822 e. The summed E-state index contributed by atoms with van der Waals surface area (Å²) in [7, 11) is 2.03. The van der Waals surface area contributed by atoms with E-state index in [2.05, 4.69) is 22.3 Å². The van der Waals surface area contributed by atoms with Crippen molar-refractivity contribution in [2.45, 2.75) is 56.7 Å². The number of likely N-dealkylation sites (N-methyl/N-ethyl adjacent to an activating group) is 1. The zero-order valence-electron chi connectivity index (χ0n) is 13.0. The molecule has 0 amide bonds. The number of nitrogens with zero attached hydrogens (tertiary/aromatic N) is 2. The number of hydrogen-bond donors (Lipinski definition) is 1. The summed E-state index contributed by atoms with van der Waals surface area (Å²) in [5.41, 5.74) is 1.19. The van der Waals surface area contributed by atoms with Gasteiger partial charge in [0.25, 0.3) is 0 Å². The highest BCUT2D eigenvalue weighted by molar-refractivity contribution is 7.99. The summed E-state index contributed by atoms with van der Waals surface area (Å²) in [6.45, 7) is 0.879. The van der Waals surface area contributed by atoms with Crippen molar-refractivity contribution in [3.8, 4) is 0 Å². The molecular formula is C16H27N3OS. The largest absolute Gasteiger partial charge is 0.375 e. The molecule has 1 aliphatic carbocycles. The number of rotatable bonds is 5. The molecule has 21 heavy (non-hydrogen) atoms. The fraction of sp³-hybridized carbons (Fsp3) is 0.812. The molecular weight excluding hydrogens is 282 g/mol. The van der Waals surface area contributed by atoms with Crippen LogP contribution in [-0.2, 0) is 11.2 Å². The maximum absolute atomic E-state index is 5.91. The van der Waals surface area contributed by atoms with E-state index in [1.807, 2.05) is 18.8 Å². The normalized spacial score (nSPS) is 25.9. The highest BCUT2D eigenvalue weighted by atomic mass is 32.2. The third-order valence-corrected chi connectivity index (χ3v) is 5.72. The lowest BCUT2D eigenvalue weighted by atomic mass is 9.96. The van der Waals surface area contributed by atoms with E-state index in [-0.39, 0.29) is 0 Å². The van der Waals surface area contributed by atoms with Gasteiger partial charge in [0.15, 0.2) is 0 Å². The predicted molar refractivity (Wildman–Crippen MR) is 88.0 cm³/mol. The summed E-state index contributed by atoms with van der Waals surface area (Å²) in [4.78, 5) is 0. The molecule has 0 radical (unpaired) electrons. The molecule has 4 nitrogen and oxygen atoms in total. The molecule has 0 aromatic carbocycles. The second kappa shape index (κ2) is 7.65. The molecule has 2 fully saturated rings. The monoisotopic (exact) mass is 309 g/mol. The van der Waals surface area contributed by atoms with Crippen molar-refractivity contribution in [1.82, 2.24) is 15.1 Å². The average Bonchev–Trinajstić information content (AvgIpc) is 3.03. The van der Waals surface area contributed by atoms with Gasteiger partial charge in [0.2, 0.25) is 0 Å². The molecule has 1 aromatic heterocycles. The highest BCUT2D eigenvalue weighted by Gasteiger charge is 2.25. The average molecular weight is 309 g/mol. The van der Waals surface area contributed by atoms with E-state index in [1.54, 1.807) is 0 Å². The van der Waals surface area contributed by atoms with Crippen LogP contribution in [0.15, 0.2) is 12.3 Å². The quantitative estimate of drug-likeness (QED) is 0.907. The van der Waals surface area contributed by atoms with Crippen LogP contribution in [-0.4, -0.2) is 47.1 Å². The number of ether oxygens (including phenoxy) is 1. The van der Waals surface area contributed by atoms with Gasteiger partial charge in [-0.05, 0) is 26.0 Å². The van der Waals surface area contributed by atoms with Crippen LogP contribution in [0.5, 0.6) is 0 Å². The minimum Gasteiger partial charge on any atom is -0.375 e. The van der Waals surface area contributed by atoms with Gasteiger partial charge in [0, 0.05) is 30.2 Å². The Morgan fingerprint density at radius 1 is 1.43 bits per heavy atom. The van der Waals surface area contributed by atoms with Gasteiger partial charge in [0.05, 0.1) is 24.4 Å². The second-order valence-electron chi connectivity index (χ2n) is 6.16. The fourth-order valence-electron chi connectivity index (χ4n) is 3.42. The van der Waals surface area contributed by atoms with E-state index in [9.17, 15) is 0 Å². The highest BCUT2D eigenvalue weighted by Crippen LogP contribution is 2.27. The SMILES string of the molecule is CNC(Cc1ccn(C2CCCCC2)n1)C1CSCCO1. The molecule has 1 saturated carbocycles. The van der Waals surface area contributed by atoms with Crippen molar-refractivity contribution in [3.05, 3.63) is 18.0 Å². The summed E-state index contributed by atoms with van der Waals surface area (Å²) < 4.78 is 8.11. The molecule has 2 aliphatic rings. The third kappa shape index (κ3) is 4.02. The van der Waals surface area contributed by atoms with Crippen LogP contribution < -0.4 is 5.32 Å². The van der Waals surface area contributed by atoms with Crippen molar-refractivity contribution in [2.75, 3.05) is 25.2 Å². The first kappa shape index (κ1) is 15.4. The Morgan fingerprint density at radius 2 is 2.29 bits per heavy atom. The lowest BCUT2D eigenvalue weighted by Crippen LogP contribution is -2.44. The van der Waals surface area contributed by atoms with Crippen molar-refractivity contribution < 1.29 is 4.74 Å². The van der Waals surface area contributed by atoms with Crippen LogP contribution in [0.25, 0.3) is 0 Å². The van der Waals surface area contributed by atoms with Crippen LogP contribution in [0.3, 0.4) is 0 Å². The Labute approximate surface area is 132 Å². The van der Waals surface area contributed by atoms with Crippen LogP contribution in [0.4, 0.5) is 0 Å². The Bertz CT molecular complexity index is 425. The van der Waals surface area contributed by atoms with Gasteiger partial charge in [-0.1, -0.05) is 19.3 Å². The summed E-state index contributed by atoms with van der Waals surface area (Å²) in [5.74, 6) is 2.22. The first-order chi connectivity index (χ1) is 10.4. The molecule has 1 N–H and O–H groups in total. The summed E-state index contributed by atoms with van der Waals surface area (Å²) in [6, 6.07) is 3.18. The molecule has 2 heterocycles. The van der Waals surface area contributed by atoms with Gasteiger partial charge in [0.1, 0.15) is 0 Å². The van der Waals surface area contributed by atoms with Crippen molar-refractivity contribution in [3.63, 3.8) is 0 Å². The Balaban J connectivity index is 1.59. The number of hydrogen-bond acceptors (Lipinski definition) is 4. The van der Waals surface area contributed by atoms with Crippen molar-refractivity contribution in [2.24, 2.45) is 0 Å². The van der Waals surface area contributed by atoms with E-state index in [4.69, 9.17) is 9.84 Å². The van der Waals surface area contributed by atoms with Gasteiger partial charge in [-0.3, -0.25) is 4.68 Å². The molecule has 1 aromatic rings. The zero-order chi connectivity index (χ0) is 14.5. The van der Waals surface area contributed by atoms with E-state index in [0.717, 1.165) is 24.5 Å². The van der Waals surface area contributed by atoms with Gasteiger partial charge in [-0.2, -0.15) is 16.9 Å². The number of aromatic nitrogens is 2. The van der Waals surface area contributed by atoms with Crippen LogP contribution in [0.1, 0.15) is 43.8 Å². The van der Waals surface area contributed by atoms with E-state index in [0.29, 0.717) is 18.2 Å². The second-order valence-corrected chi connectivity index (χ2v) is 7.31. The fourth-order valence-corrected chi connectivity index (χ4v) is 4.36. The lowest BCUT2D eigenvalue weighted by molar-refractivity contribution is 0.0489. The zero-order valence-corrected chi connectivity index (χ0v) is 13.8. The third-order valence-electron chi connectivity index (χ3n) is 4.70. The van der Waals surface area contributed by atoms with E-state index >= 15 is 0 Å². The van der Waals surface area contributed by atoms with Crippen LogP contribution >= 0.6 is 11.8 Å².